The Kier molecular flexibility index (Phi) is 3.23. The van der Waals surface area contributed by atoms with Crippen molar-refractivity contribution < 1.29 is 14.3 Å². The monoisotopic (exact) mass is 280 g/mol. The molecule has 0 saturated heterocycles. The van der Waals surface area contributed by atoms with Gasteiger partial charge in [-0.2, -0.15) is 0 Å². The number of aryl methyl sites for hydroxylation is 1. The minimum Gasteiger partial charge on any atom is -0.478 e. The maximum Gasteiger partial charge on any atom is 0.335 e. The lowest BCUT2D eigenvalue weighted by Gasteiger charge is -1.99. The van der Waals surface area contributed by atoms with E-state index in [1.54, 1.807) is 12.1 Å². The summed E-state index contributed by atoms with van der Waals surface area (Å²) in [5.74, 6) is -0.268. The van der Waals surface area contributed by atoms with Crippen molar-refractivity contribution in [3.63, 3.8) is 0 Å². The van der Waals surface area contributed by atoms with Crippen LogP contribution in [-0.2, 0) is 0 Å². The molecule has 2 aromatic carbocycles. The predicted octanol–water partition coefficient (Wildman–Crippen LogP) is 3.41. The Morgan fingerprint density at radius 1 is 1.05 bits per heavy atom. The average Bonchev–Trinajstić information content (AvgIpc) is 2.97. The van der Waals surface area contributed by atoms with E-state index in [0.717, 1.165) is 11.1 Å². The number of nitrogens with zero attached hydrogens (tertiary/aromatic N) is 2. The van der Waals surface area contributed by atoms with Crippen molar-refractivity contribution in [1.29, 1.82) is 0 Å². The molecule has 0 aliphatic heterocycles. The molecule has 0 aliphatic carbocycles. The Labute approximate surface area is 120 Å². The highest BCUT2D eigenvalue weighted by molar-refractivity contribution is 5.89. The lowest BCUT2D eigenvalue weighted by atomic mass is 10.1. The number of benzene rings is 2. The first-order valence-corrected chi connectivity index (χ1v) is 6.38. The fraction of sp³-hybridized carbons (Fsp3) is 0.0625. The Bertz CT molecular complexity index is 809. The number of hydrogen-bond donors (Lipinski definition) is 1. The summed E-state index contributed by atoms with van der Waals surface area (Å²) in [6.45, 7) is 1.96. The van der Waals surface area contributed by atoms with E-state index in [-0.39, 0.29) is 5.56 Å². The minimum absolute atomic E-state index is 0.183. The second-order valence-electron chi connectivity index (χ2n) is 4.61. The van der Waals surface area contributed by atoms with Gasteiger partial charge in [-0.15, -0.1) is 10.2 Å². The molecule has 0 amide bonds. The molecule has 1 heterocycles. The largest absolute Gasteiger partial charge is 0.478 e. The molecule has 3 aromatic rings. The molecule has 1 N–H and O–H groups in total. The van der Waals surface area contributed by atoms with Crippen LogP contribution in [0.2, 0.25) is 0 Å². The van der Waals surface area contributed by atoms with Crippen LogP contribution < -0.4 is 0 Å². The van der Waals surface area contributed by atoms with Gasteiger partial charge < -0.3 is 9.52 Å². The van der Waals surface area contributed by atoms with Gasteiger partial charge in [-0.25, -0.2) is 4.79 Å². The quantitative estimate of drug-likeness (QED) is 0.795. The first-order chi connectivity index (χ1) is 10.1. The zero-order valence-corrected chi connectivity index (χ0v) is 11.3. The molecule has 5 heteroatoms. The van der Waals surface area contributed by atoms with Crippen LogP contribution in [0.3, 0.4) is 0 Å². The number of hydrogen-bond acceptors (Lipinski definition) is 4. The molecule has 1 aromatic heterocycles. The number of aromatic nitrogens is 2. The van der Waals surface area contributed by atoms with E-state index in [1.807, 2.05) is 31.2 Å². The Balaban J connectivity index is 2.01. The van der Waals surface area contributed by atoms with Crippen LogP contribution >= 0.6 is 0 Å². The lowest BCUT2D eigenvalue weighted by molar-refractivity contribution is 0.0697. The molecular weight excluding hydrogens is 268 g/mol. The molecule has 0 radical (unpaired) electrons. The maximum atomic E-state index is 11.0. The summed E-state index contributed by atoms with van der Waals surface area (Å²) in [5, 5.41) is 17.0. The summed E-state index contributed by atoms with van der Waals surface area (Å²) in [7, 11) is 0. The Hall–Kier alpha value is -2.95. The standard InChI is InChI=1S/C16H12N2O3/c1-10-5-2-3-8-13(10)15-18-17-14(21-15)11-6-4-7-12(9-11)16(19)20/h2-9H,1H3,(H,19,20). The van der Waals surface area contributed by atoms with Gasteiger partial charge in [0, 0.05) is 11.1 Å². The summed E-state index contributed by atoms with van der Waals surface area (Å²) >= 11 is 0. The second kappa shape index (κ2) is 5.20. The number of rotatable bonds is 3. The molecule has 0 atom stereocenters. The van der Waals surface area contributed by atoms with E-state index in [0.29, 0.717) is 17.3 Å². The van der Waals surface area contributed by atoms with Crippen molar-refractivity contribution in [3.8, 4) is 22.9 Å². The Morgan fingerprint density at radius 2 is 1.81 bits per heavy atom. The van der Waals surface area contributed by atoms with Gasteiger partial charge in [0.2, 0.25) is 11.8 Å². The fourth-order valence-electron chi connectivity index (χ4n) is 2.05. The van der Waals surface area contributed by atoms with Gasteiger partial charge in [-0.3, -0.25) is 0 Å². The molecule has 0 fully saturated rings. The number of carboxylic acid groups (broad SMARTS) is 1. The van der Waals surface area contributed by atoms with E-state index >= 15 is 0 Å². The van der Waals surface area contributed by atoms with Crippen LogP contribution in [0.1, 0.15) is 15.9 Å². The third-order valence-electron chi connectivity index (χ3n) is 3.16. The number of aromatic carboxylic acids is 1. The van der Waals surface area contributed by atoms with E-state index in [4.69, 9.17) is 9.52 Å². The first-order valence-electron chi connectivity index (χ1n) is 6.38. The van der Waals surface area contributed by atoms with Gasteiger partial charge in [0.05, 0.1) is 5.56 Å². The molecule has 21 heavy (non-hydrogen) atoms. The number of carbonyl (C=O) groups is 1. The van der Waals surface area contributed by atoms with Crippen molar-refractivity contribution in [1.82, 2.24) is 10.2 Å². The van der Waals surface area contributed by atoms with Gasteiger partial charge >= 0.3 is 5.97 Å². The smallest absolute Gasteiger partial charge is 0.335 e. The van der Waals surface area contributed by atoms with Gasteiger partial charge in [-0.1, -0.05) is 24.3 Å². The SMILES string of the molecule is Cc1ccccc1-c1nnc(-c2cccc(C(=O)O)c2)o1. The third-order valence-corrected chi connectivity index (χ3v) is 3.16. The predicted molar refractivity (Wildman–Crippen MR) is 76.9 cm³/mol. The van der Waals surface area contributed by atoms with Crippen molar-refractivity contribution >= 4 is 5.97 Å². The molecule has 5 nitrogen and oxygen atoms in total. The highest BCUT2D eigenvalue weighted by Crippen LogP contribution is 2.26. The molecule has 0 spiro atoms. The third kappa shape index (κ3) is 2.53. The zero-order chi connectivity index (χ0) is 14.8. The molecule has 3 rings (SSSR count). The molecular formula is C16H12N2O3. The van der Waals surface area contributed by atoms with Crippen molar-refractivity contribution in [3.05, 3.63) is 59.7 Å². The van der Waals surface area contributed by atoms with Crippen molar-refractivity contribution in [2.24, 2.45) is 0 Å². The summed E-state index contributed by atoms with van der Waals surface area (Å²) in [6.07, 6.45) is 0. The van der Waals surface area contributed by atoms with E-state index in [1.165, 1.54) is 12.1 Å². The number of carboxylic acids is 1. The molecule has 0 aliphatic rings. The summed E-state index contributed by atoms with van der Waals surface area (Å²) < 4.78 is 5.66. The summed E-state index contributed by atoms with van der Waals surface area (Å²) in [6, 6.07) is 14.1. The van der Waals surface area contributed by atoms with Gasteiger partial charge in [0.1, 0.15) is 0 Å². The van der Waals surface area contributed by atoms with Gasteiger partial charge in [-0.05, 0) is 36.8 Å². The van der Waals surface area contributed by atoms with Crippen LogP contribution in [-0.4, -0.2) is 21.3 Å². The zero-order valence-electron chi connectivity index (χ0n) is 11.3. The maximum absolute atomic E-state index is 11.0. The molecule has 0 saturated carbocycles. The molecule has 104 valence electrons. The lowest BCUT2D eigenvalue weighted by Crippen LogP contribution is -1.95. The Morgan fingerprint density at radius 3 is 2.57 bits per heavy atom. The van der Waals surface area contributed by atoms with Crippen molar-refractivity contribution in [2.75, 3.05) is 0 Å². The average molecular weight is 280 g/mol. The van der Waals surface area contributed by atoms with Crippen LogP contribution in [0.15, 0.2) is 52.9 Å². The highest BCUT2D eigenvalue weighted by atomic mass is 16.4. The van der Waals surface area contributed by atoms with E-state index in [2.05, 4.69) is 10.2 Å². The van der Waals surface area contributed by atoms with Gasteiger partial charge in [0.25, 0.3) is 0 Å². The van der Waals surface area contributed by atoms with E-state index in [9.17, 15) is 4.79 Å². The first kappa shape index (κ1) is 13.1. The van der Waals surface area contributed by atoms with Crippen molar-refractivity contribution in [2.45, 2.75) is 6.92 Å². The highest BCUT2D eigenvalue weighted by Gasteiger charge is 2.13. The van der Waals surface area contributed by atoms with Crippen LogP contribution in [0.4, 0.5) is 0 Å². The topological polar surface area (TPSA) is 76.2 Å². The summed E-state index contributed by atoms with van der Waals surface area (Å²) in [5.41, 5.74) is 2.67. The van der Waals surface area contributed by atoms with Crippen LogP contribution in [0.25, 0.3) is 22.9 Å². The van der Waals surface area contributed by atoms with E-state index < -0.39 is 5.97 Å². The fourth-order valence-corrected chi connectivity index (χ4v) is 2.05. The second-order valence-corrected chi connectivity index (χ2v) is 4.61. The molecule has 0 bridgehead atoms. The minimum atomic E-state index is -0.990. The van der Waals surface area contributed by atoms with Crippen LogP contribution in [0.5, 0.6) is 0 Å². The van der Waals surface area contributed by atoms with Crippen LogP contribution in [0, 0.1) is 6.92 Å². The molecule has 0 unspecified atom stereocenters. The van der Waals surface area contributed by atoms with Gasteiger partial charge in [0.15, 0.2) is 0 Å². The normalized spacial score (nSPS) is 10.5. The summed E-state index contributed by atoms with van der Waals surface area (Å²) in [4.78, 5) is 11.0.